The molecule has 4 nitrogen and oxygen atoms in total. The number of phenols is 1. The van der Waals surface area contributed by atoms with E-state index in [1.807, 2.05) is 35.9 Å². The molecule has 4 heteroatoms. The highest BCUT2D eigenvalue weighted by Crippen LogP contribution is 2.16. The summed E-state index contributed by atoms with van der Waals surface area (Å²) in [7, 11) is 0. The Labute approximate surface area is 107 Å². The van der Waals surface area contributed by atoms with Crippen molar-refractivity contribution in [2.24, 2.45) is 4.99 Å². The van der Waals surface area contributed by atoms with E-state index < -0.39 is 0 Å². The van der Waals surface area contributed by atoms with E-state index in [1.54, 1.807) is 18.6 Å². The topological polar surface area (TPSA) is 50.4 Å². The van der Waals surface area contributed by atoms with E-state index in [2.05, 4.69) is 9.98 Å². The van der Waals surface area contributed by atoms with E-state index in [9.17, 15) is 5.11 Å². The minimum absolute atomic E-state index is 0.286. The van der Waals surface area contributed by atoms with Crippen LogP contribution in [0.25, 0.3) is 0 Å². The van der Waals surface area contributed by atoms with Crippen molar-refractivity contribution in [2.45, 2.75) is 19.9 Å². The highest BCUT2D eigenvalue weighted by atomic mass is 16.3. The second-order valence-electron chi connectivity index (χ2n) is 4.14. The summed E-state index contributed by atoms with van der Waals surface area (Å²) >= 11 is 0. The van der Waals surface area contributed by atoms with Gasteiger partial charge in [-0.05, 0) is 25.5 Å². The summed E-state index contributed by atoms with van der Waals surface area (Å²) in [5, 5.41) is 9.69. The van der Waals surface area contributed by atoms with Gasteiger partial charge in [0.05, 0.1) is 6.33 Å². The highest BCUT2D eigenvalue weighted by molar-refractivity contribution is 6.00. The molecular formula is C14H17N3O. The third-order valence-electron chi connectivity index (χ3n) is 2.78. The molecule has 1 heterocycles. The first-order chi connectivity index (χ1) is 8.77. The summed E-state index contributed by atoms with van der Waals surface area (Å²) in [6.07, 6.45) is 6.48. The minimum Gasteiger partial charge on any atom is -0.507 e. The van der Waals surface area contributed by atoms with Gasteiger partial charge >= 0.3 is 0 Å². The molecule has 1 aromatic carbocycles. The normalized spacial score (nSPS) is 11.7. The van der Waals surface area contributed by atoms with Crippen molar-refractivity contribution in [3.63, 3.8) is 0 Å². The monoisotopic (exact) mass is 243 g/mol. The van der Waals surface area contributed by atoms with Crippen LogP contribution in [0.4, 0.5) is 0 Å². The maximum atomic E-state index is 9.69. The van der Waals surface area contributed by atoms with Crippen LogP contribution >= 0.6 is 0 Å². The molecule has 0 saturated heterocycles. The zero-order valence-electron chi connectivity index (χ0n) is 10.5. The predicted molar refractivity (Wildman–Crippen MR) is 72.0 cm³/mol. The maximum absolute atomic E-state index is 9.69. The fourth-order valence-electron chi connectivity index (χ4n) is 1.78. The van der Waals surface area contributed by atoms with E-state index in [0.717, 1.165) is 30.8 Å². The zero-order valence-corrected chi connectivity index (χ0v) is 10.5. The van der Waals surface area contributed by atoms with Gasteiger partial charge in [-0.2, -0.15) is 0 Å². The Morgan fingerprint density at radius 2 is 2.22 bits per heavy atom. The fourth-order valence-corrected chi connectivity index (χ4v) is 1.78. The van der Waals surface area contributed by atoms with Crippen LogP contribution in [0.5, 0.6) is 5.75 Å². The van der Waals surface area contributed by atoms with Gasteiger partial charge in [-0.1, -0.05) is 12.1 Å². The molecule has 0 unspecified atom stereocenters. The number of aromatic hydroxyl groups is 1. The number of aromatic nitrogens is 2. The van der Waals surface area contributed by atoms with Crippen LogP contribution in [0.1, 0.15) is 18.9 Å². The van der Waals surface area contributed by atoms with Gasteiger partial charge in [0.15, 0.2) is 0 Å². The molecule has 0 spiro atoms. The molecule has 0 amide bonds. The molecule has 1 N–H and O–H groups in total. The largest absolute Gasteiger partial charge is 0.507 e. The molecule has 0 aliphatic carbocycles. The average Bonchev–Trinajstić information content (AvgIpc) is 2.88. The van der Waals surface area contributed by atoms with E-state index in [-0.39, 0.29) is 5.75 Å². The van der Waals surface area contributed by atoms with Crippen LogP contribution < -0.4 is 0 Å². The number of hydrogen-bond donors (Lipinski definition) is 1. The number of phenolic OH excluding ortho intramolecular Hbond substituents is 1. The first kappa shape index (κ1) is 12.4. The van der Waals surface area contributed by atoms with Gasteiger partial charge in [0, 0.05) is 36.8 Å². The molecule has 94 valence electrons. The summed E-state index contributed by atoms with van der Waals surface area (Å²) in [4.78, 5) is 8.47. The molecule has 0 radical (unpaired) electrons. The number of rotatable bonds is 5. The standard InChI is InChI=1S/C14H17N3O/c1-12(13-5-2-3-6-14(13)18)16-7-4-9-17-10-8-15-11-17/h2-3,5-6,8,10-11,18H,4,7,9H2,1H3/b16-12-. The van der Waals surface area contributed by atoms with Gasteiger partial charge < -0.3 is 9.67 Å². The summed E-state index contributed by atoms with van der Waals surface area (Å²) in [6, 6.07) is 7.27. The van der Waals surface area contributed by atoms with Crippen LogP contribution in [0.2, 0.25) is 0 Å². The van der Waals surface area contributed by atoms with Gasteiger partial charge in [0.2, 0.25) is 0 Å². The van der Waals surface area contributed by atoms with E-state index >= 15 is 0 Å². The van der Waals surface area contributed by atoms with Crippen molar-refractivity contribution in [2.75, 3.05) is 6.54 Å². The third-order valence-corrected chi connectivity index (χ3v) is 2.78. The molecule has 18 heavy (non-hydrogen) atoms. The van der Waals surface area contributed by atoms with Crippen molar-refractivity contribution in [3.8, 4) is 5.75 Å². The lowest BCUT2D eigenvalue weighted by Gasteiger charge is -2.04. The van der Waals surface area contributed by atoms with Crippen LogP contribution in [0, 0.1) is 0 Å². The van der Waals surface area contributed by atoms with Crippen LogP contribution in [0.3, 0.4) is 0 Å². The molecule has 0 aliphatic heterocycles. The van der Waals surface area contributed by atoms with Crippen LogP contribution in [0.15, 0.2) is 48.0 Å². The lowest BCUT2D eigenvalue weighted by Crippen LogP contribution is -2.00. The minimum atomic E-state index is 0.286. The van der Waals surface area contributed by atoms with E-state index in [4.69, 9.17) is 0 Å². The molecular weight excluding hydrogens is 226 g/mol. The maximum Gasteiger partial charge on any atom is 0.124 e. The Balaban J connectivity index is 1.88. The van der Waals surface area contributed by atoms with Gasteiger partial charge in [0.1, 0.15) is 5.75 Å². The number of aliphatic imine (C=N–C) groups is 1. The Morgan fingerprint density at radius 1 is 1.39 bits per heavy atom. The lowest BCUT2D eigenvalue weighted by molar-refractivity contribution is 0.474. The molecule has 1 aromatic heterocycles. The van der Waals surface area contributed by atoms with E-state index in [1.165, 1.54) is 0 Å². The van der Waals surface area contributed by atoms with Gasteiger partial charge in [0.25, 0.3) is 0 Å². The molecule has 0 aliphatic rings. The number of para-hydroxylation sites is 1. The number of benzene rings is 1. The number of imidazole rings is 1. The quantitative estimate of drug-likeness (QED) is 0.648. The zero-order chi connectivity index (χ0) is 12.8. The third kappa shape index (κ3) is 3.20. The van der Waals surface area contributed by atoms with Crippen molar-refractivity contribution >= 4 is 5.71 Å². The summed E-state index contributed by atoms with van der Waals surface area (Å²) in [6.45, 7) is 3.59. The molecule has 0 bridgehead atoms. The molecule has 0 fully saturated rings. The van der Waals surface area contributed by atoms with Crippen molar-refractivity contribution < 1.29 is 5.11 Å². The lowest BCUT2D eigenvalue weighted by atomic mass is 10.1. The average molecular weight is 243 g/mol. The first-order valence-corrected chi connectivity index (χ1v) is 6.02. The fraction of sp³-hybridized carbons (Fsp3) is 0.286. The van der Waals surface area contributed by atoms with Gasteiger partial charge in [-0.15, -0.1) is 0 Å². The SMILES string of the molecule is C/C(=N/CCCn1ccnc1)c1ccccc1O. The number of aryl methyl sites for hydroxylation is 1. The number of nitrogens with zero attached hydrogens (tertiary/aromatic N) is 3. The van der Waals surface area contributed by atoms with Crippen molar-refractivity contribution in [3.05, 3.63) is 48.5 Å². The second kappa shape index (κ2) is 6.00. The van der Waals surface area contributed by atoms with Crippen LogP contribution in [-0.2, 0) is 6.54 Å². The molecule has 2 aromatic rings. The van der Waals surface area contributed by atoms with Crippen molar-refractivity contribution in [1.29, 1.82) is 0 Å². The first-order valence-electron chi connectivity index (χ1n) is 6.02. The van der Waals surface area contributed by atoms with E-state index in [0.29, 0.717) is 0 Å². The highest BCUT2D eigenvalue weighted by Gasteiger charge is 2.02. The predicted octanol–water partition coefficient (Wildman–Crippen LogP) is 2.49. The Kier molecular flexibility index (Phi) is 4.12. The number of hydrogen-bond acceptors (Lipinski definition) is 3. The molecule has 0 atom stereocenters. The van der Waals surface area contributed by atoms with Crippen LogP contribution in [-0.4, -0.2) is 26.9 Å². The summed E-state index contributed by atoms with van der Waals surface area (Å²) in [5.41, 5.74) is 1.68. The smallest absolute Gasteiger partial charge is 0.124 e. The Hall–Kier alpha value is -2.10. The molecule has 0 saturated carbocycles. The second-order valence-corrected chi connectivity index (χ2v) is 4.14. The summed E-state index contributed by atoms with van der Waals surface area (Å²) < 4.78 is 2.03. The van der Waals surface area contributed by atoms with Gasteiger partial charge in [-0.25, -0.2) is 4.98 Å². The van der Waals surface area contributed by atoms with Crippen molar-refractivity contribution in [1.82, 2.24) is 9.55 Å². The molecule has 2 rings (SSSR count). The Morgan fingerprint density at radius 3 is 2.94 bits per heavy atom. The summed E-state index contributed by atoms with van der Waals surface area (Å²) in [5.74, 6) is 0.286. The Bertz CT molecular complexity index is 518. The van der Waals surface area contributed by atoms with Gasteiger partial charge in [-0.3, -0.25) is 4.99 Å².